The molecule has 0 radical (unpaired) electrons. The van der Waals surface area contributed by atoms with Gasteiger partial charge >= 0.3 is 0 Å². The van der Waals surface area contributed by atoms with E-state index in [0.717, 1.165) is 32.7 Å². The Morgan fingerprint density at radius 2 is 1.84 bits per heavy atom. The first-order chi connectivity index (χ1) is 9.15. The van der Waals surface area contributed by atoms with Crippen molar-refractivity contribution in [1.82, 2.24) is 9.80 Å². The molecule has 104 valence electrons. The van der Waals surface area contributed by atoms with Gasteiger partial charge in [0.2, 0.25) is 0 Å². The molecular formula is C15H24N4. The van der Waals surface area contributed by atoms with Crippen molar-refractivity contribution in [1.29, 1.82) is 5.41 Å². The van der Waals surface area contributed by atoms with Crippen molar-refractivity contribution in [3.05, 3.63) is 35.9 Å². The van der Waals surface area contributed by atoms with E-state index in [1.165, 1.54) is 5.56 Å². The Bertz CT molecular complexity index is 396. The predicted molar refractivity (Wildman–Crippen MR) is 79.3 cm³/mol. The summed E-state index contributed by atoms with van der Waals surface area (Å²) in [5.74, 6) is 0.291. The van der Waals surface area contributed by atoms with E-state index in [1.807, 2.05) is 0 Å². The highest BCUT2D eigenvalue weighted by molar-refractivity contribution is 5.77. The van der Waals surface area contributed by atoms with Crippen LogP contribution in [-0.2, 0) is 6.54 Å². The maximum absolute atomic E-state index is 7.37. The molecule has 1 unspecified atom stereocenters. The molecule has 1 aliphatic heterocycles. The molecule has 1 heterocycles. The fourth-order valence-corrected chi connectivity index (χ4v) is 2.65. The molecule has 4 heteroatoms. The Labute approximate surface area is 115 Å². The zero-order chi connectivity index (χ0) is 13.7. The summed E-state index contributed by atoms with van der Waals surface area (Å²) in [6.07, 6.45) is 0.679. The lowest BCUT2D eigenvalue weighted by Crippen LogP contribution is -2.49. The van der Waals surface area contributed by atoms with Gasteiger partial charge in [-0.1, -0.05) is 30.3 Å². The number of hydrogen-bond acceptors (Lipinski definition) is 3. The average Bonchev–Trinajstić information content (AvgIpc) is 2.40. The first-order valence-electron chi connectivity index (χ1n) is 6.98. The first kappa shape index (κ1) is 14.0. The van der Waals surface area contributed by atoms with Crippen molar-refractivity contribution >= 4 is 5.84 Å². The van der Waals surface area contributed by atoms with E-state index in [2.05, 4.69) is 47.1 Å². The largest absolute Gasteiger partial charge is 0.388 e. The van der Waals surface area contributed by atoms with E-state index in [1.54, 1.807) is 0 Å². The highest BCUT2D eigenvalue weighted by Gasteiger charge is 2.21. The third-order valence-electron chi connectivity index (χ3n) is 3.79. The van der Waals surface area contributed by atoms with Gasteiger partial charge in [-0.25, -0.2) is 0 Å². The Hall–Kier alpha value is -1.39. The van der Waals surface area contributed by atoms with Gasteiger partial charge in [0, 0.05) is 45.2 Å². The SMILES string of the molecule is CC(CC(=N)N)N1CCN(Cc2ccccc2)CC1. The second-order valence-corrected chi connectivity index (χ2v) is 5.38. The van der Waals surface area contributed by atoms with Crippen LogP contribution < -0.4 is 5.73 Å². The normalized spacial score (nSPS) is 19.2. The van der Waals surface area contributed by atoms with Crippen LogP contribution in [0.25, 0.3) is 0 Å². The molecule has 1 fully saturated rings. The number of nitrogens with two attached hydrogens (primary N) is 1. The van der Waals surface area contributed by atoms with Gasteiger partial charge in [0.25, 0.3) is 0 Å². The van der Waals surface area contributed by atoms with Crippen LogP contribution in [0.4, 0.5) is 0 Å². The van der Waals surface area contributed by atoms with Gasteiger partial charge in [-0.2, -0.15) is 0 Å². The fraction of sp³-hybridized carbons (Fsp3) is 0.533. The van der Waals surface area contributed by atoms with Crippen LogP contribution in [0.3, 0.4) is 0 Å². The predicted octanol–water partition coefficient (Wildman–Crippen LogP) is 1.52. The number of benzene rings is 1. The van der Waals surface area contributed by atoms with Gasteiger partial charge in [0.05, 0.1) is 5.84 Å². The standard InChI is InChI=1S/C15H24N4/c1-13(11-15(16)17)19-9-7-18(8-10-19)12-14-5-3-2-4-6-14/h2-6,13H,7-12H2,1H3,(H3,16,17). The van der Waals surface area contributed by atoms with Gasteiger partial charge in [0.15, 0.2) is 0 Å². The minimum Gasteiger partial charge on any atom is -0.388 e. The van der Waals surface area contributed by atoms with Crippen LogP contribution in [0.1, 0.15) is 18.9 Å². The molecule has 4 nitrogen and oxygen atoms in total. The smallest absolute Gasteiger partial charge is 0.0920 e. The van der Waals surface area contributed by atoms with Crippen molar-refractivity contribution in [2.75, 3.05) is 26.2 Å². The molecule has 0 aromatic heterocycles. The van der Waals surface area contributed by atoms with Crippen LogP contribution in [0, 0.1) is 5.41 Å². The maximum Gasteiger partial charge on any atom is 0.0920 e. The molecule has 2 rings (SSSR count). The van der Waals surface area contributed by atoms with Gasteiger partial charge in [-0.05, 0) is 12.5 Å². The number of nitrogens with zero attached hydrogens (tertiary/aromatic N) is 2. The first-order valence-corrected chi connectivity index (χ1v) is 6.98. The molecule has 0 saturated carbocycles. The maximum atomic E-state index is 7.37. The number of piperazine rings is 1. The minimum absolute atomic E-state index is 0.291. The van der Waals surface area contributed by atoms with Crippen molar-refractivity contribution in [3.8, 4) is 0 Å². The van der Waals surface area contributed by atoms with Gasteiger partial charge in [-0.3, -0.25) is 15.2 Å². The lowest BCUT2D eigenvalue weighted by Gasteiger charge is -2.38. The molecule has 1 aromatic rings. The molecule has 19 heavy (non-hydrogen) atoms. The van der Waals surface area contributed by atoms with E-state index in [4.69, 9.17) is 11.1 Å². The number of rotatable bonds is 5. The zero-order valence-electron chi connectivity index (χ0n) is 11.7. The highest BCUT2D eigenvalue weighted by atomic mass is 15.3. The fourth-order valence-electron chi connectivity index (χ4n) is 2.65. The van der Waals surface area contributed by atoms with E-state index in [9.17, 15) is 0 Å². The molecule has 1 saturated heterocycles. The summed E-state index contributed by atoms with van der Waals surface area (Å²) in [5.41, 5.74) is 6.86. The van der Waals surface area contributed by atoms with E-state index in [0.29, 0.717) is 18.3 Å². The van der Waals surface area contributed by atoms with Gasteiger partial charge in [0.1, 0.15) is 0 Å². The minimum atomic E-state index is 0.291. The van der Waals surface area contributed by atoms with Crippen LogP contribution >= 0.6 is 0 Å². The summed E-state index contributed by atoms with van der Waals surface area (Å²) in [4.78, 5) is 4.93. The number of hydrogen-bond donors (Lipinski definition) is 2. The topological polar surface area (TPSA) is 56.4 Å². The van der Waals surface area contributed by atoms with Crippen LogP contribution in [-0.4, -0.2) is 47.9 Å². The lowest BCUT2D eigenvalue weighted by atomic mass is 10.1. The Kier molecular flexibility index (Phi) is 4.93. The molecule has 0 amide bonds. The lowest BCUT2D eigenvalue weighted by molar-refractivity contribution is 0.1000. The second kappa shape index (κ2) is 6.68. The van der Waals surface area contributed by atoms with E-state index >= 15 is 0 Å². The molecular weight excluding hydrogens is 236 g/mol. The van der Waals surface area contributed by atoms with Crippen molar-refractivity contribution < 1.29 is 0 Å². The van der Waals surface area contributed by atoms with E-state index < -0.39 is 0 Å². The molecule has 1 atom stereocenters. The molecule has 1 aromatic carbocycles. The summed E-state index contributed by atoms with van der Waals surface area (Å²) in [6.45, 7) is 7.53. The monoisotopic (exact) mass is 260 g/mol. The van der Waals surface area contributed by atoms with Crippen molar-refractivity contribution in [2.45, 2.75) is 25.9 Å². The summed E-state index contributed by atoms with van der Waals surface area (Å²) in [6, 6.07) is 11.0. The Morgan fingerprint density at radius 3 is 2.42 bits per heavy atom. The second-order valence-electron chi connectivity index (χ2n) is 5.38. The number of amidine groups is 1. The molecule has 0 aliphatic carbocycles. The van der Waals surface area contributed by atoms with Gasteiger partial charge in [-0.15, -0.1) is 0 Å². The zero-order valence-corrected chi connectivity index (χ0v) is 11.7. The van der Waals surface area contributed by atoms with Crippen molar-refractivity contribution in [3.63, 3.8) is 0 Å². The number of nitrogens with one attached hydrogen (secondary N) is 1. The molecule has 0 bridgehead atoms. The summed E-state index contributed by atoms with van der Waals surface area (Å²) >= 11 is 0. The molecule has 3 N–H and O–H groups in total. The Balaban J connectivity index is 1.78. The summed E-state index contributed by atoms with van der Waals surface area (Å²) in [5, 5.41) is 7.37. The van der Waals surface area contributed by atoms with Gasteiger partial charge < -0.3 is 5.73 Å². The summed E-state index contributed by atoms with van der Waals surface area (Å²) < 4.78 is 0. The third-order valence-corrected chi connectivity index (χ3v) is 3.79. The molecule has 1 aliphatic rings. The van der Waals surface area contributed by atoms with Crippen LogP contribution in [0.15, 0.2) is 30.3 Å². The quantitative estimate of drug-likeness (QED) is 0.623. The molecule has 0 spiro atoms. The van der Waals surface area contributed by atoms with E-state index in [-0.39, 0.29) is 0 Å². The summed E-state index contributed by atoms with van der Waals surface area (Å²) in [7, 11) is 0. The highest BCUT2D eigenvalue weighted by Crippen LogP contribution is 2.11. The van der Waals surface area contributed by atoms with Crippen LogP contribution in [0.5, 0.6) is 0 Å². The third kappa shape index (κ3) is 4.33. The Morgan fingerprint density at radius 1 is 1.21 bits per heavy atom. The average molecular weight is 260 g/mol. The van der Waals surface area contributed by atoms with Crippen molar-refractivity contribution in [2.24, 2.45) is 5.73 Å². The van der Waals surface area contributed by atoms with Crippen LogP contribution in [0.2, 0.25) is 0 Å².